The number of carbonyl (C=O) groups excluding carboxylic acids is 2. The lowest BCUT2D eigenvalue weighted by Gasteiger charge is -2.08. The fourth-order valence-electron chi connectivity index (χ4n) is 1.36. The summed E-state index contributed by atoms with van der Waals surface area (Å²) in [5, 5.41) is 2.14. The number of benzene rings is 1. The number of halogens is 3. The van der Waals surface area contributed by atoms with E-state index in [0.29, 0.717) is 10.9 Å². The van der Waals surface area contributed by atoms with E-state index < -0.39 is 23.6 Å². The van der Waals surface area contributed by atoms with Gasteiger partial charge in [-0.25, -0.2) is 19.0 Å². The molecule has 0 atom stereocenters. The van der Waals surface area contributed by atoms with Crippen molar-refractivity contribution in [3.63, 3.8) is 0 Å². The van der Waals surface area contributed by atoms with E-state index in [1.807, 2.05) is 0 Å². The summed E-state index contributed by atoms with van der Waals surface area (Å²) < 4.78 is 26.8. The van der Waals surface area contributed by atoms with Crippen LogP contribution in [-0.4, -0.2) is 11.9 Å². The third-order valence-corrected chi connectivity index (χ3v) is 3.89. The van der Waals surface area contributed by atoms with Gasteiger partial charge in [-0.3, -0.25) is 10.2 Å². The molecule has 1 heterocycles. The Morgan fingerprint density at radius 2 is 1.86 bits per heavy atom. The number of urea groups is 1. The van der Waals surface area contributed by atoms with E-state index in [1.54, 1.807) is 12.1 Å². The maximum absolute atomic E-state index is 13.3. The number of hydrogen-bond acceptors (Lipinski definition) is 3. The van der Waals surface area contributed by atoms with Crippen molar-refractivity contribution in [2.75, 3.05) is 5.32 Å². The molecule has 0 radical (unpaired) electrons. The minimum atomic E-state index is -0.918. The zero-order valence-electron chi connectivity index (χ0n) is 10.2. The van der Waals surface area contributed by atoms with E-state index >= 15 is 0 Å². The SMILES string of the molecule is O=C(NNC(=O)c1ccc(Br)s1)Nc1ccc(F)cc1F. The van der Waals surface area contributed by atoms with Crippen molar-refractivity contribution in [2.24, 2.45) is 0 Å². The van der Waals surface area contributed by atoms with Crippen LogP contribution in [0.4, 0.5) is 19.3 Å². The second-order valence-electron chi connectivity index (χ2n) is 3.76. The second kappa shape index (κ2) is 6.64. The van der Waals surface area contributed by atoms with E-state index in [0.717, 1.165) is 15.9 Å². The molecule has 0 saturated carbocycles. The van der Waals surface area contributed by atoms with E-state index in [2.05, 4.69) is 32.1 Å². The highest BCUT2D eigenvalue weighted by molar-refractivity contribution is 9.11. The molecule has 0 aliphatic heterocycles. The number of nitrogens with one attached hydrogen (secondary N) is 3. The Hall–Kier alpha value is -2.00. The standard InChI is InChI=1S/C12H8BrF2N3O2S/c13-10-4-3-9(21-10)11(19)17-18-12(20)16-8-2-1-6(14)5-7(8)15/h1-5H,(H,17,19)(H2,16,18,20). The van der Waals surface area contributed by atoms with Gasteiger partial charge in [0.2, 0.25) is 0 Å². The maximum Gasteiger partial charge on any atom is 0.338 e. The van der Waals surface area contributed by atoms with Crippen LogP contribution in [0, 0.1) is 11.6 Å². The number of carbonyl (C=O) groups is 2. The summed E-state index contributed by atoms with van der Waals surface area (Å²) in [6.07, 6.45) is 0. The minimum absolute atomic E-state index is 0.206. The molecule has 0 unspecified atom stereocenters. The van der Waals surface area contributed by atoms with Crippen molar-refractivity contribution in [2.45, 2.75) is 0 Å². The predicted molar refractivity (Wildman–Crippen MR) is 78.0 cm³/mol. The van der Waals surface area contributed by atoms with Crippen molar-refractivity contribution in [3.05, 3.63) is 50.6 Å². The summed E-state index contributed by atoms with van der Waals surface area (Å²) in [5.41, 5.74) is 4.01. The molecule has 1 aromatic heterocycles. The molecule has 3 amide bonds. The lowest BCUT2D eigenvalue weighted by Crippen LogP contribution is -2.43. The van der Waals surface area contributed by atoms with Crippen molar-refractivity contribution < 1.29 is 18.4 Å². The number of rotatable bonds is 2. The van der Waals surface area contributed by atoms with Gasteiger partial charge in [-0.15, -0.1) is 11.3 Å². The molecule has 3 N–H and O–H groups in total. The van der Waals surface area contributed by atoms with Crippen molar-refractivity contribution in [1.82, 2.24) is 10.9 Å². The van der Waals surface area contributed by atoms with E-state index in [1.165, 1.54) is 11.3 Å². The van der Waals surface area contributed by atoms with Crippen molar-refractivity contribution in [1.29, 1.82) is 0 Å². The summed E-state index contributed by atoms with van der Waals surface area (Å²) in [5.74, 6) is -2.19. The first-order chi connectivity index (χ1) is 9.95. The van der Waals surface area contributed by atoms with Crippen LogP contribution in [-0.2, 0) is 0 Å². The normalized spacial score (nSPS) is 10.0. The average molecular weight is 376 g/mol. The van der Waals surface area contributed by atoms with Gasteiger partial charge in [0.15, 0.2) is 0 Å². The van der Waals surface area contributed by atoms with Crippen LogP contribution in [0.5, 0.6) is 0 Å². The first-order valence-electron chi connectivity index (χ1n) is 5.53. The Morgan fingerprint density at radius 3 is 2.48 bits per heavy atom. The molecule has 2 rings (SSSR count). The Balaban J connectivity index is 1.89. The van der Waals surface area contributed by atoms with E-state index in [9.17, 15) is 18.4 Å². The first-order valence-corrected chi connectivity index (χ1v) is 7.14. The van der Waals surface area contributed by atoms with Gasteiger partial charge in [0, 0.05) is 6.07 Å². The molecule has 0 aliphatic carbocycles. The fraction of sp³-hybridized carbons (Fsp3) is 0. The molecule has 5 nitrogen and oxygen atoms in total. The Labute approximate surface area is 130 Å². The van der Waals surface area contributed by atoms with Crippen molar-refractivity contribution in [3.8, 4) is 0 Å². The molecule has 2 aromatic rings. The van der Waals surface area contributed by atoms with Crippen LogP contribution in [0.3, 0.4) is 0 Å². The molecular weight excluding hydrogens is 368 g/mol. The maximum atomic E-state index is 13.3. The van der Waals surface area contributed by atoms with E-state index in [4.69, 9.17) is 0 Å². The molecule has 1 aromatic carbocycles. The zero-order valence-corrected chi connectivity index (χ0v) is 12.6. The largest absolute Gasteiger partial charge is 0.338 e. The molecular formula is C12H8BrF2N3O2S. The van der Waals surface area contributed by atoms with Gasteiger partial charge < -0.3 is 5.32 Å². The molecule has 21 heavy (non-hydrogen) atoms. The van der Waals surface area contributed by atoms with Gasteiger partial charge in [-0.2, -0.15) is 0 Å². The highest BCUT2D eigenvalue weighted by Gasteiger charge is 2.11. The van der Waals surface area contributed by atoms with Gasteiger partial charge in [0.1, 0.15) is 11.6 Å². The molecule has 110 valence electrons. The highest BCUT2D eigenvalue weighted by atomic mass is 79.9. The highest BCUT2D eigenvalue weighted by Crippen LogP contribution is 2.21. The quantitative estimate of drug-likeness (QED) is 0.705. The second-order valence-corrected chi connectivity index (χ2v) is 6.22. The van der Waals surface area contributed by atoms with Gasteiger partial charge in [-0.05, 0) is 40.2 Å². The van der Waals surface area contributed by atoms with Crippen LogP contribution in [0.1, 0.15) is 9.67 Å². The van der Waals surface area contributed by atoms with Gasteiger partial charge in [-0.1, -0.05) is 0 Å². The minimum Gasteiger partial charge on any atom is -0.304 e. The van der Waals surface area contributed by atoms with Gasteiger partial charge in [0.25, 0.3) is 5.91 Å². The Bertz CT molecular complexity index is 693. The average Bonchev–Trinajstić information content (AvgIpc) is 2.86. The molecule has 9 heteroatoms. The molecule has 0 spiro atoms. The number of thiophene rings is 1. The predicted octanol–water partition coefficient (Wildman–Crippen LogP) is 3.26. The molecule has 0 bridgehead atoms. The summed E-state index contributed by atoms with van der Waals surface area (Å²) in [6, 6.07) is 5.11. The smallest absolute Gasteiger partial charge is 0.304 e. The summed E-state index contributed by atoms with van der Waals surface area (Å²) in [7, 11) is 0. The van der Waals surface area contributed by atoms with Gasteiger partial charge in [0.05, 0.1) is 14.4 Å². The lowest BCUT2D eigenvalue weighted by atomic mass is 10.3. The molecule has 0 saturated heterocycles. The van der Waals surface area contributed by atoms with Crippen LogP contribution in [0.25, 0.3) is 0 Å². The summed E-state index contributed by atoms with van der Waals surface area (Å²) in [4.78, 5) is 23.5. The lowest BCUT2D eigenvalue weighted by molar-refractivity contribution is 0.0942. The number of hydrogen-bond donors (Lipinski definition) is 3. The number of hydrazine groups is 1. The number of amides is 3. The topological polar surface area (TPSA) is 70.2 Å². The third kappa shape index (κ3) is 4.23. The van der Waals surface area contributed by atoms with Crippen LogP contribution >= 0.6 is 27.3 Å². The zero-order chi connectivity index (χ0) is 15.4. The summed E-state index contributed by atoms with van der Waals surface area (Å²) >= 11 is 4.39. The van der Waals surface area contributed by atoms with Crippen LogP contribution in [0.15, 0.2) is 34.1 Å². The molecule has 0 aliphatic rings. The monoisotopic (exact) mass is 375 g/mol. The van der Waals surface area contributed by atoms with E-state index in [-0.39, 0.29) is 5.69 Å². The summed E-state index contributed by atoms with van der Waals surface area (Å²) in [6.45, 7) is 0. The first kappa shape index (κ1) is 15.4. The Morgan fingerprint density at radius 1 is 1.10 bits per heavy atom. The van der Waals surface area contributed by atoms with Crippen molar-refractivity contribution >= 4 is 44.9 Å². The molecule has 0 fully saturated rings. The number of anilines is 1. The van der Waals surface area contributed by atoms with Crippen LogP contribution in [0.2, 0.25) is 0 Å². The fourth-order valence-corrected chi connectivity index (χ4v) is 2.64. The van der Waals surface area contributed by atoms with Gasteiger partial charge >= 0.3 is 6.03 Å². The Kier molecular flexibility index (Phi) is 4.86. The van der Waals surface area contributed by atoms with Crippen LogP contribution < -0.4 is 16.2 Å². The third-order valence-electron chi connectivity index (χ3n) is 2.27.